The maximum Gasteiger partial charge on any atom is 0.177 e. The van der Waals surface area contributed by atoms with Gasteiger partial charge in [0.2, 0.25) is 0 Å². The van der Waals surface area contributed by atoms with E-state index in [0.29, 0.717) is 16.3 Å². The Kier molecular flexibility index (Phi) is 5.02. The van der Waals surface area contributed by atoms with E-state index in [9.17, 15) is 4.79 Å². The van der Waals surface area contributed by atoms with Crippen LogP contribution in [-0.4, -0.2) is 25.5 Å². The average Bonchev–Trinajstić information content (AvgIpc) is 2.56. The number of nitrogens with two attached hydrogens (primary N) is 1. The van der Waals surface area contributed by atoms with Crippen molar-refractivity contribution in [3.05, 3.63) is 4.88 Å². The molecule has 0 saturated heterocycles. The van der Waals surface area contributed by atoms with Crippen LogP contribution < -0.4 is 15.4 Å². The number of hydrogen-bond acceptors (Lipinski definition) is 5. The number of nitrogens with zero attached hydrogens (tertiary/aromatic N) is 1. The Balaban J connectivity index is 3.21. The summed E-state index contributed by atoms with van der Waals surface area (Å²) in [6.45, 7) is 8.46. The first kappa shape index (κ1) is 14.8. The standard InChI is InChI=1S/C13H22N2O2S/c1-6-7-15(5)13-11(17-8(2)3)10(14)12(18-13)9(4)16/h8H,6-7,14H2,1-5H3. The summed E-state index contributed by atoms with van der Waals surface area (Å²) in [5, 5.41) is 0.938. The number of carbonyl (C=O) groups excluding carboxylic acids is 1. The number of ether oxygens (including phenoxy) is 1. The zero-order valence-electron chi connectivity index (χ0n) is 11.7. The molecule has 0 fully saturated rings. The monoisotopic (exact) mass is 270 g/mol. The number of thiophene rings is 1. The van der Waals surface area contributed by atoms with Crippen LogP contribution >= 0.6 is 11.3 Å². The molecule has 1 rings (SSSR count). The van der Waals surface area contributed by atoms with Crippen molar-refractivity contribution in [2.45, 2.75) is 40.2 Å². The van der Waals surface area contributed by atoms with Gasteiger partial charge in [0.25, 0.3) is 0 Å². The van der Waals surface area contributed by atoms with Crippen molar-refractivity contribution in [3.63, 3.8) is 0 Å². The van der Waals surface area contributed by atoms with Crippen LogP contribution in [0.1, 0.15) is 43.8 Å². The Morgan fingerprint density at radius 3 is 2.56 bits per heavy atom. The normalized spacial score (nSPS) is 10.8. The van der Waals surface area contributed by atoms with E-state index in [4.69, 9.17) is 10.5 Å². The second-order valence-corrected chi connectivity index (χ2v) is 5.62. The Hall–Kier alpha value is -1.23. The van der Waals surface area contributed by atoms with Crippen LogP contribution in [-0.2, 0) is 0 Å². The van der Waals surface area contributed by atoms with Crippen LogP contribution in [0.15, 0.2) is 0 Å². The maximum atomic E-state index is 11.6. The van der Waals surface area contributed by atoms with Gasteiger partial charge in [0.15, 0.2) is 11.5 Å². The minimum absolute atomic E-state index is 0.0118. The summed E-state index contributed by atoms with van der Waals surface area (Å²) in [4.78, 5) is 14.2. The van der Waals surface area contributed by atoms with Gasteiger partial charge in [-0.15, -0.1) is 11.3 Å². The van der Waals surface area contributed by atoms with Crippen LogP contribution in [0, 0.1) is 0 Å². The number of ketones is 1. The molecule has 0 saturated carbocycles. The summed E-state index contributed by atoms with van der Waals surface area (Å²) in [7, 11) is 1.99. The number of rotatable bonds is 6. The molecule has 4 nitrogen and oxygen atoms in total. The molecule has 0 spiro atoms. The van der Waals surface area contributed by atoms with Crippen LogP contribution in [0.25, 0.3) is 0 Å². The Labute approximate surface area is 113 Å². The fraction of sp³-hybridized carbons (Fsp3) is 0.615. The van der Waals surface area contributed by atoms with E-state index >= 15 is 0 Å². The molecule has 0 amide bonds. The van der Waals surface area contributed by atoms with Gasteiger partial charge >= 0.3 is 0 Å². The second-order valence-electron chi connectivity index (χ2n) is 4.62. The van der Waals surface area contributed by atoms with E-state index in [1.165, 1.54) is 18.3 Å². The summed E-state index contributed by atoms with van der Waals surface area (Å²) in [5.41, 5.74) is 6.50. The lowest BCUT2D eigenvalue weighted by atomic mass is 10.3. The molecule has 102 valence electrons. The fourth-order valence-electron chi connectivity index (χ4n) is 1.72. The summed E-state index contributed by atoms with van der Waals surface area (Å²) in [6.07, 6.45) is 1.07. The molecule has 1 aromatic rings. The molecule has 1 aromatic heterocycles. The first-order valence-electron chi connectivity index (χ1n) is 6.19. The molecule has 0 aliphatic heterocycles. The minimum Gasteiger partial charge on any atom is -0.486 e. The first-order valence-corrected chi connectivity index (χ1v) is 7.01. The predicted octanol–water partition coefficient (Wildman–Crippen LogP) is 3.17. The minimum atomic E-state index is -0.0118. The van der Waals surface area contributed by atoms with Crippen LogP contribution in [0.5, 0.6) is 5.75 Å². The molecular formula is C13H22N2O2S. The van der Waals surface area contributed by atoms with Gasteiger partial charge in [-0.05, 0) is 20.3 Å². The lowest BCUT2D eigenvalue weighted by Gasteiger charge is -2.19. The third-order valence-corrected chi connectivity index (χ3v) is 3.86. The zero-order valence-corrected chi connectivity index (χ0v) is 12.6. The number of carbonyl (C=O) groups is 1. The van der Waals surface area contributed by atoms with Crippen LogP contribution in [0.3, 0.4) is 0 Å². The summed E-state index contributed by atoms with van der Waals surface area (Å²) >= 11 is 1.41. The summed E-state index contributed by atoms with van der Waals surface area (Å²) in [6, 6.07) is 0. The van der Waals surface area contributed by atoms with Crippen molar-refractivity contribution in [1.82, 2.24) is 0 Å². The first-order chi connectivity index (χ1) is 8.38. The van der Waals surface area contributed by atoms with Crippen LogP contribution in [0.4, 0.5) is 10.7 Å². The Bertz CT molecular complexity index is 427. The topological polar surface area (TPSA) is 55.6 Å². The maximum absolute atomic E-state index is 11.6. The van der Waals surface area contributed by atoms with Gasteiger partial charge in [-0.2, -0.15) is 0 Å². The molecule has 5 heteroatoms. The second kappa shape index (κ2) is 6.09. The molecule has 0 radical (unpaired) electrons. The molecule has 2 N–H and O–H groups in total. The molecule has 1 heterocycles. The zero-order chi connectivity index (χ0) is 13.9. The smallest absolute Gasteiger partial charge is 0.177 e. The van der Waals surface area contributed by atoms with E-state index in [2.05, 4.69) is 11.8 Å². The van der Waals surface area contributed by atoms with Crippen molar-refractivity contribution >= 4 is 27.8 Å². The van der Waals surface area contributed by atoms with E-state index in [1.807, 2.05) is 20.9 Å². The molecule has 0 aliphatic rings. The molecule has 0 aliphatic carbocycles. The highest BCUT2D eigenvalue weighted by atomic mass is 32.1. The van der Waals surface area contributed by atoms with Gasteiger partial charge < -0.3 is 15.4 Å². The third kappa shape index (κ3) is 3.16. The van der Waals surface area contributed by atoms with Crippen molar-refractivity contribution < 1.29 is 9.53 Å². The van der Waals surface area contributed by atoms with Gasteiger partial charge in [0.05, 0.1) is 16.7 Å². The predicted molar refractivity (Wildman–Crippen MR) is 78.1 cm³/mol. The van der Waals surface area contributed by atoms with Crippen LogP contribution in [0.2, 0.25) is 0 Å². The quantitative estimate of drug-likeness (QED) is 0.807. The molecule has 18 heavy (non-hydrogen) atoms. The Morgan fingerprint density at radius 2 is 2.11 bits per heavy atom. The van der Waals surface area contributed by atoms with Gasteiger partial charge in [-0.3, -0.25) is 4.79 Å². The number of Topliss-reactive ketones (excluding diaryl/α,β-unsaturated/α-hetero) is 1. The van der Waals surface area contributed by atoms with Gasteiger partial charge in [-0.25, -0.2) is 0 Å². The van der Waals surface area contributed by atoms with E-state index in [-0.39, 0.29) is 11.9 Å². The number of hydrogen-bond donors (Lipinski definition) is 1. The molecule has 0 bridgehead atoms. The van der Waals surface area contributed by atoms with E-state index in [0.717, 1.165) is 18.0 Å². The molecular weight excluding hydrogens is 248 g/mol. The van der Waals surface area contributed by atoms with Gasteiger partial charge in [0, 0.05) is 20.5 Å². The molecule has 0 atom stereocenters. The van der Waals surface area contributed by atoms with Gasteiger partial charge in [-0.1, -0.05) is 6.92 Å². The highest BCUT2D eigenvalue weighted by Gasteiger charge is 2.22. The lowest BCUT2D eigenvalue weighted by molar-refractivity contribution is 0.102. The summed E-state index contributed by atoms with van der Waals surface area (Å²) in [5.74, 6) is 0.637. The molecule has 0 unspecified atom stereocenters. The SMILES string of the molecule is CCCN(C)c1sc(C(C)=O)c(N)c1OC(C)C. The summed E-state index contributed by atoms with van der Waals surface area (Å²) < 4.78 is 5.77. The number of nitrogen functional groups attached to an aromatic ring is 1. The van der Waals surface area contributed by atoms with E-state index < -0.39 is 0 Å². The van der Waals surface area contributed by atoms with Crippen molar-refractivity contribution in [3.8, 4) is 5.75 Å². The molecule has 0 aromatic carbocycles. The lowest BCUT2D eigenvalue weighted by Crippen LogP contribution is -2.18. The Morgan fingerprint density at radius 1 is 1.50 bits per heavy atom. The highest BCUT2D eigenvalue weighted by Crippen LogP contribution is 2.45. The van der Waals surface area contributed by atoms with Crippen molar-refractivity contribution in [2.24, 2.45) is 0 Å². The van der Waals surface area contributed by atoms with Crippen molar-refractivity contribution in [2.75, 3.05) is 24.2 Å². The van der Waals surface area contributed by atoms with E-state index in [1.54, 1.807) is 0 Å². The average molecular weight is 270 g/mol. The fourth-order valence-corrected chi connectivity index (χ4v) is 2.75. The third-order valence-electron chi connectivity index (χ3n) is 2.46. The number of anilines is 2. The van der Waals surface area contributed by atoms with Crippen molar-refractivity contribution in [1.29, 1.82) is 0 Å². The largest absolute Gasteiger partial charge is 0.486 e. The van der Waals surface area contributed by atoms with Gasteiger partial charge in [0.1, 0.15) is 5.00 Å². The highest BCUT2D eigenvalue weighted by molar-refractivity contribution is 7.19.